The number of sulfonamides is 1. The number of esters is 1. The zero-order valence-corrected chi connectivity index (χ0v) is 18.7. The summed E-state index contributed by atoms with van der Waals surface area (Å²) in [5, 5.41) is 0. The number of nitrogens with one attached hydrogen (secondary N) is 1. The number of carbonyl (C=O) groups excluding carboxylic acids is 2. The van der Waals surface area contributed by atoms with Crippen LogP contribution in [-0.2, 0) is 24.3 Å². The monoisotopic (exact) mass is 442 g/mol. The van der Waals surface area contributed by atoms with Crippen LogP contribution in [0.15, 0.2) is 24.3 Å². The van der Waals surface area contributed by atoms with E-state index in [1.165, 1.54) is 0 Å². The third kappa shape index (κ3) is 8.10. The number of amides is 1. The molecule has 0 saturated carbocycles. The van der Waals surface area contributed by atoms with Gasteiger partial charge < -0.3 is 19.1 Å². The highest BCUT2D eigenvalue weighted by Gasteiger charge is 2.27. The smallest absolute Gasteiger partial charge is 0.410 e. The molecule has 0 atom stereocenters. The second kappa shape index (κ2) is 10.0. The molecular formula is C20H30N2O7S. The Balaban J connectivity index is 1.83. The van der Waals surface area contributed by atoms with Crippen LogP contribution in [0.1, 0.15) is 40.5 Å². The highest BCUT2D eigenvalue weighted by Crippen LogP contribution is 2.22. The predicted octanol–water partition coefficient (Wildman–Crippen LogP) is 2.77. The summed E-state index contributed by atoms with van der Waals surface area (Å²) in [6.07, 6.45) is 0.982. The fourth-order valence-corrected chi connectivity index (χ4v) is 3.81. The maximum absolute atomic E-state index is 12.1. The Bertz CT molecular complexity index is 824. The van der Waals surface area contributed by atoms with Gasteiger partial charge in [-0.05, 0) is 52.0 Å². The largest absolute Gasteiger partial charge is 0.490 e. The minimum absolute atomic E-state index is 0.0463. The number of carbonyl (C=O) groups is 2. The Morgan fingerprint density at radius 1 is 1.13 bits per heavy atom. The summed E-state index contributed by atoms with van der Waals surface area (Å²) in [7, 11) is -3.84. The van der Waals surface area contributed by atoms with Crippen LogP contribution < -0.4 is 9.46 Å². The van der Waals surface area contributed by atoms with Gasteiger partial charge in [0.05, 0.1) is 6.61 Å². The molecule has 10 heteroatoms. The molecule has 1 aliphatic heterocycles. The summed E-state index contributed by atoms with van der Waals surface area (Å²) >= 11 is 0. The molecule has 1 aromatic rings. The van der Waals surface area contributed by atoms with E-state index >= 15 is 0 Å². The molecule has 0 spiro atoms. The Morgan fingerprint density at radius 3 is 2.27 bits per heavy atom. The van der Waals surface area contributed by atoms with Crippen molar-refractivity contribution in [1.29, 1.82) is 0 Å². The van der Waals surface area contributed by atoms with Gasteiger partial charge in [-0.1, -0.05) is 0 Å². The molecule has 0 radical (unpaired) electrons. The van der Waals surface area contributed by atoms with Crippen molar-refractivity contribution in [3.63, 3.8) is 0 Å². The van der Waals surface area contributed by atoms with Crippen molar-refractivity contribution in [3.8, 4) is 5.75 Å². The average molecular weight is 443 g/mol. The van der Waals surface area contributed by atoms with Crippen molar-refractivity contribution in [2.45, 2.75) is 52.2 Å². The molecule has 168 valence electrons. The second-order valence-electron chi connectivity index (χ2n) is 7.98. The van der Waals surface area contributed by atoms with E-state index in [1.807, 2.05) is 20.8 Å². The first-order chi connectivity index (χ1) is 14.0. The fraction of sp³-hybridized carbons (Fsp3) is 0.600. The number of likely N-dealkylation sites (tertiary alicyclic amines) is 1. The number of rotatable bonds is 7. The lowest BCUT2D eigenvalue weighted by Gasteiger charge is -2.33. The zero-order chi connectivity index (χ0) is 22.4. The van der Waals surface area contributed by atoms with Gasteiger partial charge in [0.1, 0.15) is 17.5 Å². The molecular weight excluding hydrogens is 412 g/mol. The molecule has 1 saturated heterocycles. The summed E-state index contributed by atoms with van der Waals surface area (Å²) in [4.78, 5) is 25.1. The van der Waals surface area contributed by atoms with Crippen molar-refractivity contribution in [1.82, 2.24) is 4.90 Å². The number of anilines is 1. The van der Waals surface area contributed by atoms with E-state index in [2.05, 4.69) is 9.46 Å². The molecule has 9 nitrogen and oxygen atoms in total. The number of ether oxygens (including phenoxy) is 3. The van der Waals surface area contributed by atoms with E-state index in [1.54, 1.807) is 36.1 Å². The highest BCUT2D eigenvalue weighted by atomic mass is 32.2. The molecule has 0 aromatic heterocycles. The molecule has 30 heavy (non-hydrogen) atoms. The summed E-state index contributed by atoms with van der Waals surface area (Å²) < 4.78 is 42.3. The third-order valence-electron chi connectivity index (χ3n) is 4.14. The summed E-state index contributed by atoms with van der Waals surface area (Å²) in [6.45, 7) is 8.33. The molecule has 1 amide bonds. The number of nitrogens with zero attached hydrogens (tertiary/aromatic N) is 1. The van der Waals surface area contributed by atoms with Gasteiger partial charge in [0.15, 0.2) is 5.75 Å². The maximum atomic E-state index is 12.1. The van der Waals surface area contributed by atoms with E-state index in [0.717, 1.165) is 0 Å². The second-order valence-corrected chi connectivity index (χ2v) is 9.70. The minimum atomic E-state index is -3.84. The van der Waals surface area contributed by atoms with Gasteiger partial charge in [0.25, 0.3) is 0 Å². The van der Waals surface area contributed by atoms with E-state index in [-0.39, 0.29) is 18.8 Å². The van der Waals surface area contributed by atoms with E-state index in [4.69, 9.17) is 9.47 Å². The summed E-state index contributed by atoms with van der Waals surface area (Å²) in [6, 6.07) is 6.44. The zero-order valence-electron chi connectivity index (χ0n) is 17.8. The quantitative estimate of drug-likeness (QED) is 0.646. The highest BCUT2D eigenvalue weighted by molar-refractivity contribution is 7.93. The lowest BCUT2D eigenvalue weighted by Crippen LogP contribution is -2.44. The molecule has 1 N–H and O–H groups in total. The first-order valence-electron chi connectivity index (χ1n) is 9.88. The molecule has 2 rings (SSSR count). The number of hydrogen-bond donors (Lipinski definition) is 1. The molecule has 0 aliphatic carbocycles. The average Bonchev–Trinajstić information content (AvgIpc) is 2.62. The molecule has 1 heterocycles. The Kier molecular flexibility index (Phi) is 7.94. The van der Waals surface area contributed by atoms with E-state index in [9.17, 15) is 18.0 Å². The maximum Gasteiger partial charge on any atom is 0.410 e. The number of piperidine rings is 1. The Labute approximate surface area is 177 Å². The molecule has 1 aromatic carbocycles. The normalized spacial score (nSPS) is 15.4. The predicted molar refractivity (Wildman–Crippen MR) is 112 cm³/mol. The van der Waals surface area contributed by atoms with Gasteiger partial charge >= 0.3 is 12.1 Å². The van der Waals surface area contributed by atoms with Crippen LogP contribution in [0.5, 0.6) is 5.75 Å². The fourth-order valence-electron chi connectivity index (χ4n) is 2.85. The molecule has 1 aliphatic rings. The summed E-state index contributed by atoms with van der Waals surface area (Å²) in [5.74, 6) is -0.947. The minimum Gasteiger partial charge on any atom is -0.490 e. The van der Waals surface area contributed by atoms with Crippen molar-refractivity contribution in [2.24, 2.45) is 0 Å². The van der Waals surface area contributed by atoms with Crippen LogP contribution in [0.4, 0.5) is 10.5 Å². The molecule has 0 unspecified atom stereocenters. The van der Waals surface area contributed by atoms with Gasteiger partial charge in [0.2, 0.25) is 10.0 Å². The SMILES string of the molecule is CCOC(=O)CS(=O)(=O)Nc1ccc(OC2CCN(C(=O)OC(C)(C)C)CC2)cc1. The van der Waals surface area contributed by atoms with Crippen LogP contribution >= 0.6 is 0 Å². The Hall–Kier alpha value is -2.49. The van der Waals surface area contributed by atoms with Crippen LogP contribution in [0.3, 0.4) is 0 Å². The number of benzene rings is 1. The van der Waals surface area contributed by atoms with Crippen molar-refractivity contribution < 1.29 is 32.2 Å². The topological polar surface area (TPSA) is 111 Å². The van der Waals surface area contributed by atoms with Crippen molar-refractivity contribution in [3.05, 3.63) is 24.3 Å². The van der Waals surface area contributed by atoms with Crippen LogP contribution in [0, 0.1) is 0 Å². The van der Waals surface area contributed by atoms with Crippen LogP contribution in [-0.4, -0.2) is 62.5 Å². The number of hydrogen-bond acceptors (Lipinski definition) is 7. The van der Waals surface area contributed by atoms with E-state index < -0.39 is 27.3 Å². The van der Waals surface area contributed by atoms with Crippen molar-refractivity contribution >= 4 is 27.8 Å². The molecule has 0 bridgehead atoms. The van der Waals surface area contributed by atoms with Gasteiger partial charge in [-0.3, -0.25) is 9.52 Å². The van der Waals surface area contributed by atoms with Crippen LogP contribution in [0.2, 0.25) is 0 Å². The Morgan fingerprint density at radius 2 is 1.73 bits per heavy atom. The lowest BCUT2D eigenvalue weighted by molar-refractivity contribution is -0.139. The standard InChI is InChI=1S/C20H30N2O7S/c1-5-27-18(23)14-30(25,26)21-15-6-8-16(9-7-15)28-17-10-12-22(13-11-17)19(24)29-20(2,3)4/h6-9,17,21H,5,10-14H2,1-4H3. The van der Waals surface area contributed by atoms with Crippen LogP contribution in [0.25, 0.3) is 0 Å². The van der Waals surface area contributed by atoms with Gasteiger partial charge in [-0.15, -0.1) is 0 Å². The van der Waals surface area contributed by atoms with Crippen molar-refractivity contribution in [2.75, 3.05) is 30.2 Å². The lowest BCUT2D eigenvalue weighted by atomic mass is 10.1. The molecule has 1 fully saturated rings. The summed E-state index contributed by atoms with van der Waals surface area (Å²) in [5.41, 5.74) is -0.198. The van der Waals surface area contributed by atoms with E-state index in [0.29, 0.717) is 37.4 Å². The van der Waals surface area contributed by atoms with Gasteiger partial charge in [0, 0.05) is 31.6 Å². The van der Waals surface area contributed by atoms with Gasteiger partial charge in [-0.2, -0.15) is 0 Å². The first-order valence-corrected chi connectivity index (χ1v) is 11.5. The first kappa shape index (κ1) is 23.8. The van der Waals surface area contributed by atoms with Gasteiger partial charge in [-0.25, -0.2) is 13.2 Å². The third-order valence-corrected chi connectivity index (χ3v) is 5.30.